The van der Waals surface area contributed by atoms with Gasteiger partial charge in [-0.25, -0.2) is 4.79 Å². The average Bonchev–Trinajstić information content (AvgIpc) is 3.14. The van der Waals surface area contributed by atoms with E-state index in [9.17, 15) is 14.9 Å². The number of hydrogen-bond donors (Lipinski definition) is 0. The second-order valence-electron chi connectivity index (χ2n) is 5.30. The molecule has 0 amide bonds. The molecule has 2 aromatic carbocycles. The van der Waals surface area contributed by atoms with Gasteiger partial charge in [0.2, 0.25) is 5.89 Å². The van der Waals surface area contributed by atoms with Gasteiger partial charge in [0.25, 0.3) is 11.6 Å². The van der Waals surface area contributed by atoms with Gasteiger partial charge in [0.15, 0.2) is 6.61 Å². The molecule has 8 nitrogen and oxygen atoms in total. The molecule has 0 saturated heterocycles. The number of aromatic nitrogens is 2. The number of ether oxygens (including phenoxy) is 1. The number of rotatable bonds is 6. The number of esters is 1. The Hall–Kier alpha value is -3.52. The van der Waals surface area contributed by atoms with Crippen LogP contribution in [0.5, 0.6) is 0 Å². The first-order valence-corrected chi connectivity index (χ1v) is 8.07. The third-order valence-electron chi connectivity index (χ3n) is 3.41. The largest absolute Gasteiger partial charge is 0.452 e. The summed E-state index contributed by atoms with van der Waals surface area (Å²) in [5.74, 6) is -0.171. The van der Waals surface area contributed by atoms with Crippen molar-refractivity contribution in [2.24, 2.45) is 0 Å². The van der Waals surface area contributed by atoms with Crippen molar-refractivity contribution >= 4 is 29.3 Å². The first-order valence-electron chi connectivity index (χ1n) is 7.69. The maximum absolute atomic E-state index is 11.8. The quantitative estimate of drug-likeness (QED) is 0.272. The van der Waals surface area contributed by atoms with Crippen LogP contribution >= 0.6 is 11.6 Å². The number of nitro benzene ring substituents is 1. The van der Waals surface area contributed by atoms with Gasteiger partial charge in [0, 0.05) is 28.8 Å². The van der Waals surface area contributed by atoms with Crippen molar-refractivity contribution in [3.8, 4) is 11.5 Å². The number of hydrogen-bond acceptors (Lipinski definition) is 7. The highest BCUT2D eigenvalue weighted by molar-refractivity contribution is 6.30. The number of nitrogens with zero attached hydrogens (tertiary/aromatic N) is 3. The summed E-state index contributed by atoms with van der Waals surface area (Å²) in [5.41, 5.74) is 1.30. The molecule has 27 heavy (non-hydrogen) atoms. The van der Waals surface area contributed by atoms with Crippen LogP contribution in [0.1, 0.15) is 11.5 Å². The molecule has 0 fully saturated rings. The van der Waals surface area contributed by atoms with Crippen LogP contribution in [0.2, 0.25) is 5.02 Å². The highest BCUT2D eigenvalue weighted by Crippen LogP contribution is 2.20. The normalized spacial score (nSPS) is 10.9. The van der Waals surface area contributed by atoms with Crippen LogP contribution in [0.25, 0.3) is 17.5 Å². The molecule has 1 aromatic heterocycles. The van der Waals surface area contributed by atoms with Crippen molar-refractivity contribution in [3.05, 3.63) is 81.2 Å². The summed E-state index contributed by atoms with van der Waals surface area (Å²) in [4.78, 5) is 21.9. The van der Waals surface area contributed by atoms with E-state index in [1.54, 1.807) is 24.3 Å². The van der Waals surface area contributed by atoms with Gasteiger partial charge < -0.3 is 9.15 Å². The molecule has 3 aromatic rings. The van der Waals surface area contributed by atoms with Crippen LogP contribution in [0.15, 0.2) is 59.0 Å². The van der Waals surface area contributed by atoms with E-state index in [1.807, 2.05) is 0 Å². The fourth-order valence-electron chi connectivity index (χ4n) is 2.07. The first-order chi connectivity index (χ1) is 13.0. The minimum Gasteiger partial charge on any atom is -0.452 e. The highest BCUT2D eigenvalue weighted by atomic mass is 35.5. The second-order valence-corrected chi connectivity index (χ2v) is 5.73. The SMILES string of the molecule is O=C(/C=C/c1ccc([N+](=O)[O-])cc1)OCc1nnc(-c2ccc(Cl)cc2)o1. The lowest BCUT2D eigenvalue weighted by molar-refractivity contribution is -0.384. The fraction of sp³-hybridized carbons (Fsp3) is 0.0556. The Labute approximate surface area is 158 Å². The van der Waals surface area contributed by atoms with Crippen LogP contribution in [-0.2, 0) is 16.1 Å². The zero-order valence-corrected chi connectivity index (χ0v) is 14.5. The van der Waals surface area contributed by atoms with Crippen molar-refractivity contribution in [1.82, 2.24) is 10.2 Å². The summed E-state index contributed by atoms with van der Waals surface area (Å²) in [5, 5.41) is 18.9. The predicted molar refractivity (Wildman–Crippen MR) is 96.7 cm³/mol. The standard InChI is InChI=1S/C18H12ClN3O5/c19-14-6-4-13(5-7-14)18-21-20-16(27-18)11-26-17(23)10-3-12-1-8-15(9-2-12)22(24)25/h1-10H,11H2/b10-3+. The molecule has 0 N–H and O–H groups in total. The van der Waals surface area contributed by atoms with E-state index in [4.69, 9.17) is 20.8 Å². The summed E-state index contributed by atoms with van der Waals surface area (Å²) >= 11 is 5.82. The molecule has 0 aliphatic carbocycles. The van der Waals surface area contributed by atoms with Crippen molar-refractivity contribution in [1.29, 1.82) is 0 Å². The molecule has 0 bridgehead atoms. The minimum atomic E-state index is -0.611. The second kappa shape index (κ2) is 8.24. The summed E-state index contributed by atoms with van der Waals surface area (Å²) in [6, 6.07) is 12.6. The van der Waals surface area contributed by atoms with Gasteiger partial charge in [0.1, 0.15) is 0 Å². The van der Waals surface area contributed by atoms with Gasteiger partial charge in [-0.2, -0.15) is 0 Å². The molecular formula is C18H12ClN3O5. The Morgan fingerprint density at radius 1 is 1.15 bits per heavy atom. The van der Waals surface area contributed by atoms with E-state index in [0.717, 1.165) is 0 Å². The lowest BCUT2D eigenvalue weighted by atomic mass is 10.2. The first kappa shape index (κ1) is 18.3. The molecule has 0 aliphatic rings. The molecule has 0 saturated carbocycles. The Morgan fingerprint density at radius 3 is 2.52 bits per heavy atom. The van der Waals surface area contributed by atoms with E-state index < -0.39 is 10.9 Å². The maximum Gasteiger partial charge on any atom is 0.331 e. The summed E-state index contributed by atoms with van der Waals surface area (Å²) in [7, 11) is 0. The van der Waals surface area contributed by atoms with Crippen LogP contribution in [-0.4, -0.2) is 21.1 Å². The number of non-ortho nitro benzene ring substituents is 1. The van der Waals surface area contributed by atoms with Gasteiger partial charge in [-0.1, -0.05) is 11.6 Å². The van der Waals surface area contributed by atoms with E-state index >= 15 is 0 Å². The zero-order chi connectivity index (χ0) is 19.2. The Balaban J connectivity index is 1.54. The van der Waals surface area contributed by atoms with Gasteiger partial charge in [-0.3, -0.25) is 10.1 Å². The molecule has 0 unspecified atom stereocenters. The van der Waals surface area contributed by atoms with Crippen molar-refractivity contribution in [3.63, 3.8) is 0 Å². The topological polar surface area (TPSA) is 108 Å². The maximum atomic E-state index is 11.8. The highest BCUT2D eigenvalue weighted by Gasteiger charge is 2.10. The number of benzene rings is 2. The Morgan fingerprint density at radius 2 is 1.85 bits per heavy atom. The Kier molecular flexibility index (Phi) is 5.58. The summed E-state index contributed by atoms with van der Waals surface area (Å²) in [6.07, 6.45) is 2.69. The smallest absolute Gasteiger partial charge is 0.331 e. The average molecular weight is 386 g/mol. The molecule has 136 valence electrons. The molecule has 0 atom stereocenters. The number of carbonyl (C=O) groups is 1. The molecule has 9 heteroatoms. The fourth-order valence-corrected chi connectivity index (χ4v) is 2.20. The van der Waals surface area contributed by atoms with Crippen LogP contribution in [0, 0.1) is 10.1 Å². The van der Waals surface area contributed by atoms with Gasteiger partial charge >= 0.3 is 5.97 Å². The lowest BCUT2D eigenvalue weighted by Crippen LogP contribution is -2.00. The molecule has 1 heterocycles. The van der Waals surface area contributed by atoms with Crippen molar-refractivity contribution in [2.45, 2.75) is 6.61 Å². The van der Waals surface area contributed by atoms with Crippen LogP contribution in [0.3, 0.4) is 0 Å². The van der Waals surface area contributed by atoms with Gasteiger partial charge in [0.05, 0.1) is 4.92 Å². The number of halogens is 1. The predicted octanol–water partition coefficient (Wildman–Crippen LogP) is 4.05. The van der Waals surface area contributed by atoms with E-state index in [-0.39, 0.29) is 18.2 Å². The van der Waals surface area contributed by atoms with E-state index in [0.29, 0.717) is 22.0 Å². The van der Waals surface area contributed by atoms with E-state index in [1.165, 1.54) is 36.4 Å². The molecule has 0 radical (unpaired) electrons. The van der Waals surface area contributed by atoms with Crippen molar-refractivity contribution in [2.75, 3.05) is 0 Å². The monoisotopic (exact) mass is 385 g/mol. The molecule has 3 rings (SSSR count). The van der Waals surface area contributed by atoms with Crippen LogP contribution in [0.4, 0.5) is 5.69 Å². The van der Waals surface area contributed by atoms with Crippen molar-refractivity contribution < 1.29 is 18.9 Å². The number of carbonyl (C=O) groups excluding carboxylic acids is 1. The van der Waals surface area contributed by atoms with Gasteiger partial charge in [-0.15, -0.1) is 10.2 Å². The third-order valence-corrected chi connectivity index (χ3v) is 3.66. The third kappa shape index (κ3) is 4.99. The summed E-state index contributed by atoms with van der Waals surface area (Å²) in [6.45, 7) is -0.177. The molecule has 0 spiro atoms. The Bertz CT molecular complexity index is 981. The molecule has 0 aliphatic heterocycles. The van der Waals surface area contributed by atoms with E-state index in [2.05, 4.69) is 10.2 Å². The van der Waals surface area contributed by atoms with Crippen LogP contribution < -0.4 is 0 Å². The minimum absolute atomic E-state index is 0.0254. The summed E-state index contributed by atoms with van der Waals surface area (Å²) < 4.78 is 10.5. The lowest BCUT2D eigenvalue weighted by Gasteiger charge is -1.98. The molecular weight excluding hydrogens is 374 g/mol. The number of nitro groups is 1. The van der Waals surface area contributed by atoms with Gasteiger partial charge in [-0.05, 0) is 48.0 Å². The zero-order valence-electron chi connectivity index (χ0n) is 13.7.